The maximum Gasteiger partial charge on any atom is 0.145 e. The van der Waals surface area contributed by atoms with Crippen molar-refractivity contribution < 1.29 is 10.2 Å². The second kappa shape index (κ2) is 13.7. The van der Waals surface area contributed by atoms with Crippen LogP contribution in [0.2, 0.25) is 0 Å². The Labute approximate surface area is 232 Å². The molecule has 1 fully saturated rings. The summed E-state index contributed by atoms with van der Waals surface area (Å²) in [6, 6.07) is 7.84. The van der Waals surface area contributed by atoms with Gasteiger partial charge in [-0.3, -0.25) is 10.00 Å². The van der Waals surface area contributed by atoms with E-state index in [-0.39, 0.29) is 6.04 Å². The summed E-state index contributed by atoms with van der Waals surface area (Å²) in [6.07, 6.45) is 16.8. The van der Waals surface area contributed by atoms with Gasteiger partial charge in [-0.05, 0) is 50.7 Å². The summed E-state index contributed by atoms with van der Waals surface area (Å²) < 4.78 is 3.71. The number of nitrogens with zero attached hydrogens (tertiary/aromatic N) is 5. The van der Waals surface area contributed by atoms with Gasteiger partial charge in [0.25, 0.3) is 0 Å². The number of rotatable bonds is 13. The van der Waals surface area contributed by atoms with Crippen molar-refractivity contribution in [2.24, 2.45) is 7.05 Å². The van der Waals surface area contributed by atoms with Gasteiger partial charge in [0.05, 0.1) is 18.8 Å². The molecule has 39 heavy (non-hydrogen) atoms. The van der Waals surface area contributed by atoms with Crippen LogP contribution in [0.3, 0.4) is 0 Å². The zero-order chi connectivity index (χ0) is 27.8. The predicted octanol–water partition coefficient (Wildman–Crippen LogP) is 4.84. The molecule has 3 aromatic rings. The third-order valence-corrected chi connectivity index (χ3v) is 7.72. The molecule has 0 bridgehead atoms. The molecular weight excluding hydrogens is 488 g/mol. The molecule has 2 aromatic heterocycles. The van der Waals surface area contributed by atoms with Crippen molar-refractivity contribution in [1.29, 1.82) is 0 Å². The van der Waals surface area contributed by atoms with Gasteiger partial charge in [0.2, 0.25) is 0 Å². The topological polar surface area (TPSA) is 91.4 Å². The molecule has 0 spiro atoms. The molecule has 210 valence electrons. The van der Waals surface area contributed by atoms with E-state index in [1.165, 1.54) is 19.3 Å². The fraction of sp³-hybridized carbons (Fsp3) is 0.484. The van der Waals surface area contributed by atoms with E-state index >= 15 is 0 Å². The quantitative estimate of drug-likeness (QED) is 0.273. The van der Waals surface area contributed by atoms with Gasteiger partial charge in [0.1, 0.15) is 18.3 Å². The van der Waals surface area contributed by atoms with Crippen LogP contribution in [-0.2, 0) is 13.6 Å². The molecule has 4 rings (SSSR count). The highest BCUT2D eigenvalue weighted by Gasteiger charge is 2.35. The van der Waals surface area contributed by atoms with Gasteiger partial charge in [-0.25, -0.2) is 4.98 Å². The highest BCUT2D eigenvalue weighted by Crippen LogP contribution is 2.34. The molecule has 0 saturated heterocycles. The highest BCUT2D eigenvalue weighted by atomic mass is 16.3. The molecule has 2 heterocycles. The van der Waals surface area contributed by atoms with Crippen molar-refractivity contribution in [3.63, 3.8) is 0 Å². The van der Waals surface area contributed by atoms with Gasteiger partial charge in [-0.15, -0.1) is 0 Å². The monoisotopic (exact) mass is 532 g/mol. The summed E-state index contributed by atoms with van der Waals surface area (Å²) in [6.45, 7) is 8.73. The van der Waals surface area contributed by atoms with Crippen molar-refractivity contribution in [1.82, 2.24) is 29.5 Å². The van der Waals surface area contributed by atoms with Crippen molar-refractivity contribution in [2.45, 2.75) is 89.9 Å². The molecule has 1 aliphatic carbocycles. The first-order valence-corrected chi connectivity index (χ1v) is 14.1. The van der Waals surface area contributed by atoms with Gasteiger partial charge < -0.3 is 19.7 Å². The molecule has 8 nitrogen and oxygen atoms in total. The molecule has 0 radical (unpaired) electrons. The summed E-state index contributed by atoms with van der Waals surface area (Å²) in [7, 11) is 1.90. The van der Waals surface area contributed by atoms with Crippen LogP contribution in [0, 0.1) is 13.8 Å². The number of nitrogens with one attached hydrogen (secondary N) is 1. The second-order valence-electron chi connectivity index (χ2n) is 10.7. The van der Waals surface area contributed by atoms with Gasteiger partial charge in [0, 0.05) is 42.9 Å². The lowest BCUT2D eigenvalue weighted by Gasteiger charge is -2.43. The number of aliphatic hydroxyl groups excluding tert-OH is 2. The van der Waals surface area contributed by atoms with Crippen LogP contribution in [0.5, 0.6) is 0 Å². The standard InChI is InChI=1S/C31H44N6O2/c1-23-12-8-11-17-28(23)30(31(39)34-27-15-6-5-7-16-27)37(29(38)22-36-19-18-32-25(36)3)24(2)13-9-10-14-26-20-33-35(4)21-26/h8,10-12,14,17-21,27,29-31,34,38-39H,2,5-7,9,13,15-16,22H2,1,3-4H3/b14-10+/t29?,30-,31?/m1/s1. The van der Waals surface area contributed by atoms with Crippen LogP contribution >= 0.6 is 0 Å². The maximum absolute atomic E-state index is 11.8. The number of imidazole rings is 1. The van der Waals surface area contributed by atoms with E-state index in [1.807, 2.05) is 66.3 Å². The van der Waals surface area contributed by atoms with E-state index in [9.17, 15) is 10.2 Å². The van der Waals surface area contributed by atoms with E-state index in [0.717, 1.165) is 47.5 Å². The number of hydrogen-bond acceptors (Lipinski definition) is 6. The minimum absolute atomic E-state index is 0.255. The Morgan fingerprint density at radius 2 is 1.97 bits per heavy atom. The lowest BCUT2D eigenvalue weighted by atomic mass is 9.93. The molecular formula is C31H44N6O2. The molecule has 0 aliphatic heterocycles. The number of hydrogen-bond donors (Lipinski definition) is 3. The lowest BCUT2D eigenvalue weighted by molar-refractivity contribution is -0.0639. The zero-order valence-electron chi connectivity index (χ0n) is 23.6. The van der Waals surface area contributed by atoms with Crippen molar-refractivity contribution >= 4 is 6.08 Å². The number of benzene rings is 1. The molecule has 8 heteroatoms. The van der Waals surface area contributed by atoms with Crippen molar-refractivity contribution in [2.75, 3.05) is 0 Å². The summed E-state index contributed by atoms with van der Waals surface area (Å²) in [5.41, 5.74) is 3.85. The van der Waals surface area contributed by atoms with Gasteiger partial charge in [-0.1, -0.05) is 62.3 Å². The van der Waals surface area contributed by atoms with Gasteiger partial charge >= 0.3 is 0 Å². The normalized spacial score (nSPS) is 16.8. The van der Waals surface area contributed by atoms with E-state index in [2.05, 4.69) is 41.0 Å². The third kappa shape index (κ3) is 7.68. The minimum Gasteiger partial charge on any atom is -0.376 e. The Morgan fingerprint density at radius 1 is 1.21 bits per heavy atom. The Morgan fingerprint density at radius 3 is 2.64 bits per heavy atom. The van der Waals surface area contributed by atoms with Crippen molar-refractivity contribution in [3.8, 4) is 0 Å². The Kier molecular flexibility index (Phi) is 10.1. The van der Waals surface area contributed by atoms with E-state index in [0.29, 0.717) is 13.0 Å². The first kappa shape index (κ1) is 28.8. The summed E-state index contributed by atoms with van der Waals surface area (Å²) in [5, 5.41) is 31.2. The summed E-state index contributed by atoms with van der Waals surface area (Å²) >= 11 is 0. The average molecular weight is 533 g/mol. The molecule has 0 amide bonds. The van der Waals surface area contributed by atoms with Gasteiger partial charge in [-0.2, -0.15) is 5.10 Å². The molecule has 1 aromatic carbocycles. The van der Waals surface area contributed by atoms with Crippen LogP contribution in [0.1, 0.15) is 73.5 Å². The fourth-order valence-electron chi connectivity index (χ4n) is 5.57. The van der Waals surface area contributed by atoms with Crippen LogP contribution < -0.4 is 5.32 Å². The zero-order valence-corrected chi connectivity index (χ0v) is 23.6. The van der Waals surface area contributed by atoms with Crippen LogP contribution in [0.25, 0.3) is 6.08 Å². The fourth-order valence-corrected chi connectivity index (χ4v) is 5.57. The first-order chi connectivity index (χ1) is 18.8. The number of allylic oxidation sites excluding steroid dienone is 2. The predicted molar refractivity (Wildman–Crippen MR) is 155 cm³/mol. The Balaban J connectivity index is 1.62. The lowest BCUT2D eigenvalue weighted by Crippen LogP contribution is -2.51. The van der Waals surface area contributed by atoms with E-state index < -0.39 is 18.5 Å². The van der Waals surface area contributed by atoms with Crippen LogP contribution in [0.4, 0.5) is 0 Å². The maximum atomic E-state index is 11.8. The van der Waals surface area contributed by atoms with E-state index in [4.69, 9.17) is 0 Å². The third-order valence-electron chi connectivity index (χ3n) is 7.72. The molecule has 3 atom stereocenters. The number of aliphatic hydroxyl groups is 2. The molecule has 1 saturated carbocycles. The van der Waals surface area contributed by atoms with Gasteiger partial charge in [0.15, 0.2) is 0 Å². The SMILES string of the molecule is C=C(CC/C=C/c1cnn(C)c1)N(C(O)Cn1ccnc1C)[C@H](c1ccccc1C)C(O)NC1CCCCC1. The average Bonchev–Trinajstić information content (AvgIpc) is 3.53. The molecule has 1 aliphatic rings. The Bertz CT molecular complexity index is 1230. The summed E-state index contributed by atoms with van der Waals surface area (Å²) in [4.78, 5) is 6.24. The highest BCUT2D eigenvalue weighted by molar-refractivity contribution is 5.46. The number of aromatic nitrogens is 4. The van der Waals surface area contributed by atoms with Crippen LogP contribution in [-0.4, -0.2) is 52.9 Å². The summed E-state index contributed by atoms with van der Waals surface area (Å²) in [5.74, 6) is 0.826. The molecule has 3 N–H and O–H groups in total. The second-order valence-corrected chi connectivity index (χ2v) is 10.7. The van der Waals surface area contributed by atoms with E-state index in [1.54, 1.807) is 10.9 Å². The molecule has 2 unspecified atom stereocenters. The van der Waals surface area contributed by atoms with Crippen molar-refractivity contribution in [3.05, 3.63) is 89.9 Å². The minimum atomic E-state index is -0.917. The Hall–Kier alpha value is -3.20. The smallest absolute Gasteiger partial charge is 0.145 e. The number of aryl methyl sites for hydroxylation is 3. The largest absolute Gasteiger partial charge is 0.376 e. The first-order valence-electron chi connectivity index (χ1n) is 14.1. The van der Waals surface area contributed by atoms with Crippen LogP contribution in [0.15, 0.2) is 67.4 Å².